The zero-order chi connectivity index (χ0) is 7.53. The van der Waals surface area contributed by atoms with Crippen LogP contribution in [0, 0.1) is 0 Å². The second-order valence-electron chi connectivity index (χ2n) is 2.82. The van der Waals surface area contributed by atoms with Crippen LogP contribution in [0.2, 0.25) is 0 Å². The SMILES string of the molecule is O=P12OC3CCCOC3(O1)O2. The molecule has 5 nitrogen and oxygen atoms in total. The number of hydrogen-bond acceptors (Lipinski definition) is 5. The number of ether oxygens (including phenoxy) is 1. The summed E-state index contributed by atoms with van der Waals surface area (Å²) in [5.41, 5.74) is 0. The summed E-state index contributed by atoms with van der Waals surface area (Å²) in [5.74, 6) is -1.09. The fourth-order valence-electron chi connectivity index (χ4n) is 1.56. The molecule has 62 valence electrons. The van der Waals surface area contributed by atoms with Gasteiger partial charge in [-0.2, -0.15) is 0 Å². The van der Waals surface area contributed by atoms with Crippen LogP contribution in [0.15, 0.2) is 0 Å². The Morgan fingerprint density at radius 2 is 2.27 bits per heavy atom. The topological polar surface area (TPSA) is 54.0 Å². The molecule has 0 radical (unpaired) electrons. The van der Waals surface area contributed by atoms with Gasteiger partial charge < -0.3 is 4.74 Å². The van der Waals surface area contributed by atoms with E-state index < -0.39 is 13.8 Å². The first-order chi connectivity index (χ1) is 5.23. The van der Waals surface area contributed by atoms with E-state index in [2.05, 4.69) is 0 Å². The Labute approximate surface area is 63.2 Å². The summed E-state index contributed by atoms with van der Waals surface area (Å²) < 4.78 is 31.1. The Hall–Kier alpha value is 0.0700. The first-order valence-electron chi connectivity index (χ1n) is 3.56. The van der Waals surface area contributed by atoms with Crippen LogP contribution >= 0.6 is 7.82 Å². The third-order valence-electron chi connectivity index (χ3n) is 2.04. The molecule has 4 aliphatic rings. The smallest absolute Gasteiger partial charge is 0.325 e. The van der Waals surface area contributed by atoms with Crippen LogP contribution in [0.5, 0.6) is 0 Å². The van der Waals surface area contributed by atoms with Gasteiger partial charge in [0.25, 0.3) is 0 Å². The molecule has 0 saturated carbocycles. The molecule has 0 aromatic rings. The molecule has 4 fully saturated rings. The minimum Gasteiger partial charge on any atom is -0.325 e. The zero-order valence-electron chi connectivity index (χ0n) is 5.69. The van der Waals surface area contributed by atoms with Crippen LogP contribution in [-0.2, 0) is 22.9 Å². The lowest BCUT2D eigenvalue weighted by atomic mass is 10.1. The van der Waals surface area contributed by atoms with Crippen LogP contribution in [0.3, 0.4) is 0 Å². The van der Waals surface area contributed by atoms with Crippen LogP contribution in [-0.4, -0.2) is 18.7 Å². The fraction of sp³-hybridized carbons (Fsp3) is 1.00. The summed E-state index contributed by atoms with van der Waals surface area (Å²) in [5, 5.41) is 0. The van der Waals surface area contributed by atoms with E-state index >= 15 is 0 Å². The standard InChI is InChI=1S/C5H7O5P/c6-11-8-4-2-1-3-7-5(4,9-11)10-11/h4H,1-3H2. The Morgan fingerprint density at radius 1 is 1.45 bits per heavy atom. The molecular weight excluding hydrogens is 171 g/mol. The average molecular weight is 178 g/mol. The monoisotopic (exact) mass is 178 g/mol. The van der Waals surface area contributed by atoms with E-state index in [1.54, 1.807) is 0 Å². The molecule has 0 N–H and O–H groups in total. The maximum absolute atomic E-state index is 11.1. The molecule has 1 atom stereocenters. The second kappa shape index (κ2) is 1.70. The van der Waals surface area contributed by atoms with Gasteiger partial charge in [-0.1, -0.05) is 0 Å². The van der Waals surface area contributed by atoms with E-state index in [1.807, 2.05) is 0 Å². The van der Waals surface area contributed by atoms with Crippen molar-refractivity contribution in [3.8, 4) is 0 Å². The molecule has 4 heterocycles. The van der Waals surface area contributed by atoms with E-state index in [-0.39, 0.29) is 6.10 Å². The van der Waals surface area contributed by atoms with E-state index in [0.29, 0.717) is 6.61 Å². The van der Waals surface area contributed by atoms with Crippen molar-refractivity contribution in [3.05, 3.63) is 0 Å². The first-order valence-corrected chi connectivity index (χ1v) is 5.02. The number of phosphoric acid groups is 1. The normalized spacial score (nSPS) is 60.2. The summed E-state index contributed by atoms with van der Waals surface area (Å²) >= 11 is 0. The maximum atomic E-state index is 11.1. The van der Waals surface area contributed by atoms with Gasteiger partial charge in [0.1, 0.15) is 0 Å². The van der Waals surface area contributed by atoms with Crippen molar-refractivity contribution < 1.29 is 22.9 Å². The van der Waals surface area contributed by atoms with Gasteiger partial charge >= 0.3 is 13.8 Å². The highest BCUT2D eigenvalue weighted by molar-refractivity contribution is 7.50. The zero-order valence-corrected chi connectivity index (χ0v) is 6.58. The molecule has 4 rings (SSSR count). The lowest BCUT2D eigenvalue weighted by Gasteiger charge is -2.37. The number of hydrogen-bond donors (Lipinski definition) is 0. The van der Waals surface area contributed by atoms with Crippen LogP contribution in [0.1, 0.15) is 12.8 Å². The Bertz CT molecular complexity index is 233. The Morgan fingerprint density at radius 3 is 3.00 bits per heavy atom. The fourth-order valence-corrected chi connectivity index (χ4v) is 3.17. The van der Waals surface area contributed by atoms with Crippen molar-refractivity contribution >= 4 is 7.82 Å². The van der Waals surface area contributed by atoms with Crippen molar-refractivity contribution in [1.29, 1.82) is 0 Å². The molecule has 1 spiro atoms. The largest absolute Gasteiger partial charge is 0.484 e. The van der Waals surface area contributed by atoms with E-state index in [9.17, 15) is 4.57 Å². The predicted octanol–water partition coefficient (Wildman–Crippen LogP) is 1.00. The van der Waals surface area contributed by atoms with E-state index in [4.69, 9.17) is 18.3 Å². The summed E-state index contributed by atoms with van der Waals surface area (Å²) in [6.07, 6.45) is 1.42. The van der Waals surface area contributed by atoms with Crippen LogP contribution in [0.25, 0.3) is 0 Å². The van der Waals surface area contributed by atoms with Gasteiger partial charge in [0, 0.05) is 0 Å². The van der Waals surface area contributed by atoms with Crippen LogP contribution < -0.4 is 0 Å². The minimum absolute atomic E-state index is 0.276. The summed E-state index contributed by atoms with van der Waals surface area (Å²) in [4.78, 5) is 0. The Kier molecular flexibility index (Phi) is 1.02. The van der Waals surface area contributed by atoms with Gasteiger partial charge in [0.2, 0.25) is 0 Å². The number of rotatable bonds is 0. The highest BCUT2D eigenvalue weighted by Gasteiger charge is 2.73. The molecular formula is C5H7O5P. The molecule has 0 amide bonds. The second-order valence-corrected chi connectivity index (χ2v) is 4.29. The number of phosphoric ester groups is 1. The lowest BCUT2D eigenvalue weighted by Crippen LogP contribution is -2.49. The molecule has 0 aromatic carbocycles. The summed E-state index contributed by atoms with van der Waals surface area (Å²) in [6.45, 7) is 0.583. The predicted molar refractivity (Wildman–Crippen MR) is 32.6 cm³/mol. The molecule has 6 heteroatoms. The van der Waals surface area contributed by atoms with Gasteiger partial charge in [-0.05, 0) is 12.8 Å². The molecule has 11 heavy (non-hydrogen) atoms. The molecule has 4 aliphatic heterocycles. The molecule has 0 aliphatic carbocycles. The van der Waals surface area contributed by atoms with Crippen molar-refractivity contribution in [2.75, 3.05) is 6.61 Å². The van der Waals surface area contributed by atoms with Crippen molar-refractivity contribution in [2.24, 2.45) is 0 Å². The van der Waals surface area contributed by atoms with E-state index in [1.165, 1.54) is 0 Å². The van der Waals surface area contributed by atoms with Gasteiger partial charge in [0.15, 0.2) is 6.10 Å². The molecule has 1 unspecified atom stereocenters. The van der Waals surface area contributed by atoms with Gasteiger partial charge in [0.05, 0.1) is 6.61 Å². The quantitative estimate of drug-likeness (QED) is 0.518. The average Bonchev–Trinajstić information content (AvgIpc) is 2.33. The Balaban J connectivity index is 1.96. The first kappa shape index (κ1) is 6.57. The summed E-state index contributed by atoms with van der Waals surface area (Å²) in [7, 11) is -3.14. The van der Waals surface area contributed by atoms with Crippen molar-refractivity contribution in [1.82, 2.24) is 0 Å². The maximum Gasteiger partial charge on any atom is 0.484 e. The molecule has 0 aromatic heterocycles. The molecule has 4 saturated heterocycles. The third-order valence-corrected chi connectivity index (χ3v) is 3.51. The van der Waals surface area contributed by atoms with Crippen molar-refractivity contribution in [3.63, 3.8) is 0 Å². The van der Waals surface area contributed by atoms with Crippen molar-refractivity contribution in [2.45, 2.75) is 24.9 Å². The van der Waals surface area contributed by atoms with Gasteiger partial charge in [-0.25, -0.2) is 13.6 Å². The van der Waals surface area contributed by atoms with Gasteiger partial charge in [-0.15, -0.1) is 0 Å². The minimum atomic E-state index is -3.14. The van der Waals surface area contributed by atoms with Crippen LogP contribution in [0.4, 0.5) is 0 Å². The van der Waals surface area contributed by atoms with Gasteiger partial charge in [-0.3, -0.25) is 4.52 Å². The molecule has 2 bridgehead atoms. The lowest BCUT2D eigenvalue weighted by molar-refractivity contribution is -0.360. The highest BCUT2D eigenvalue weighted by Crippen LogP contribution is 2.75. The van der Waals surface area contributed by atoms with E-state index in [0.717, 1.165) is 12.8 Å². The highest BCUT2D eigenvalue weighted by atomic mass is 31.2. The third kappa shape index (κ3) is 0.679. The summed E-state index contributed by atoms with van der Waals surface area (Å²) in [6, 6.07) is 0.